The molecule has 3 N–H and O–H groups in total. The molecular formula is C22H22Cl2N2O7. The number of anilines is 1. The number of carboxylic acid groups (broad SMARTS) is 2. The molecule has 0 aromatic heterocycles. The highest BCUT2D eigenvalue weighted by Gasteiger charge is 2.23. The molecular weight excluding hydrogens is 475 g/mol. The van der Waals surface area contributed by atoms with Gasteiger partial charge >= 0.3 is 11.9 Å². The molecule has 0 atom stereocenters. The van der Waals surface area contributed by atoms with Gasteiger partial charge in [-0.2, -0.15) is 0 Å². The van der Waals surface area contributed by atoms with E-state index >= 15 is 0 Å². The van der Waals surface area contributed by atoms with Crippen molar-refractivity contribution in [2.45, 2.75) is 19.3 Å². The fraction of sp³-hybridized carbons (Fsp3) is 0.318. The normalized spacial score (nSPS) is 13.5. The molecule has 1 saturated heterocycles. The van der Waals surface area contributed by atoms with Gasteiger partial charge in [0.1, 0.15) is 24.6 Å². The molecule has 3 rings (SSSR count). The fourth-order valence-electron chi connectivity index (χ4n) is 3.53. The summed E-state index contributed by atoms with van der Waals surface area (Å²) in [5.74, 6) is -2.68. The zero-order valence-corrected chi connectivity index (χ0v) is 19.0. The van der Waals surface area contributed by atoms with Crippen molar-refractivity contribution in [3.8, 4) is 17.2 Å². The van der Waals surface area contributed by atoms with Gasteiger partial charge in [0.15, 0.2) is 5.75 Å². The third kappa shape index (κ3) is 6.21. The second kappa shape index (κ2) is 10.6. The molecule has 1 amide bonds. The summed E-state index contributed by atoms with van der Waals surface area (Å²) in [5, 5.41) is 28.3. The first-order valence-electron chi connectivity index (χ1n) is 10.1. The van der Waals surface area contributed by atoms with Crippen LogP contribution in [0.15, 0.2) is 30.3 Å². The molecule has 9 nitrogen and oxygen atoms in total. The number of phenols is 1. The second-order valence-electron chi connectivity index (χ2n) is 7.52. The van der Waals surface area contributed by atoms with Gasteiger partial charge in [-0.15, -0.1) is 0 Å². The second-order valence-corrected chi connectivity index (χ2v) is 8.33. The molecule has 2 aromatic rings. The Hall–Kier alpha value is -3.17. The Balaban J connectivity index is 1.86. The maximum Gasteiger partial charge on any atom is 0.323 e. The lowest BCUT2D eigenvalue weighted by molar-refractivity contribution is -0.136. The van der Waals surface area contributed by atoms with Gasteiger partial charge in [0, 0.05) is 18.8 Å². The van der Waals surface area contributed by atoms with Crippen LogP contribution in [0.1, 0.15) is 29.6 Å². The summed E-state index contributed by atoms with van der Waals surface area (Å²) in [6.45, 7) is 0.0928. The van der Waals surface area contributed by atoms with Crippen LogP contribution < -0.4 is 9.64 Å². The fourth-order valence-corrected chi connectivity index (χ4v) is 4.08. The first-order valence-corrected chi connectivity index (χ1v) is 10.9. The molecule has 0 radical (unpaired) electrons. The van der Waals surface area contributed by atoms with Crippen molar-refractivity contribution in [3.63, 3.8) is 0 Å². The molecule has 0 spiro atoms. The number of benzene rings is 2. The summed E-state index contributed by atoms with van der Waals surface area (Å²) < 4.78 is 5.77. The zero-order chi connectivity index (χ0) is 24.1. The van der Waals surface area contributed by atoms with Gasteiger partial charge in [-0.05, 0) is 49.6 Å². The number of piperidine rings is 1. The van der Waals surface area contributed by atoms with Gasteiger partial charge in [0.25, 0.3) is 5.91 Å². The number of carboxylic acids is 2. The van der Waals surface area contributed by atoms with Crippen molar-refractivity contribution >= 4 is 46.7 Å². The van der Waals surface area contributed by atoms with Crippen LogP contribution >= 0.6 is 23.2 Å². The van der Waals surface area contributed by atoms with Crippen molar-refractivity contribution in [1.82, 2.24) is 4.90 Å². The molecule has 0 aliphatic carbocycles. The van der Waals surface area contributed by atoms with E-state index in [9.17, 15) is 19.5 Å². The number of carbonyl (C=O) groups is 3. The first kappa shape index (κ1) is 24.5. The van der Waals surface area contributed by atoms with E-state index in [1.807, 2.05) is 0 Å². The van der Waals surface area contributed by atoms with E-state index in [0.29, 0.717) is 13.1 Å². The first-order chi connectivity index (χ1) is 15.7. The molecule has 0 unspecified atom stereocenters. The van der Waals surface area contributed by atoms with Gasteiger partial charge < -0.3 is 29.9 Å². The minimum absolute atomic E-state index is 0.00950. The van der Waals surface area contributed by atoms with Gasteiger partial charge in [-0.3, -0.25) is 14.4 Å². The van der Waals surface area contributed by atoms with Gasteiger partial charge in [-0.25, -0.2) is 0 Å². The van der Waals surface area contributed by atoms with E-state index in [1.54, 1.807) is 4.90 Å². The number of aliphatic carboxylic acids is 2. The summed E-state index contributed by atoms with van der Waals surface area (Å²) in [5.41, 5.74) is 0.279. The van der Waals surface area contributed by atoms with Crippen LogP contribution in [0.2, 0.25) is 10.0 Å². The standard InChI is InChI=1S/C22H22Cl2N2O7/c23-16-8-13(26(11-19(28)29)12-20(30)31)9-17(24)21(16)33-14-4-5-18(27)15(10-14)22(32)25-6-2-1-3-7-25/h4-5,8-10,27H,1-3,6-7,11-12H2,(H,28,29)(H,30,31). The molecule has 1 heterocycles. The minimum Gasteiger partial charge on any atom is -0.507 e. The maximum absolute atomic E-state index is 12.8. The average molecular weight is 497 g/mol. The predicted octanol–water partition coefficient (Wildman–Crippen LogP) is 4.09. The number of phenolic OH excluding ortho intramolecular Hbond substituents is 1. The Morgan fingerprint density at radius 1 is 0.939 bits per heavy atom. The highest BCUT2D eigenvalue weighted by molar-refractivity contribution is 6.37. The molecule has 0 saturated carbocycles. The highest BCUT2D eigenvalue weighted by Crippen LogP contribution is 2.40. The quantitative estimate of drug-likeness (QED) is 0.498. The lowest BCUT2D eigenvalue weighted by atomic mass is 10.1. The van der Waals surface area contributed by atoms with Gasteiger partial charge in [0.2, 0.25) is 0 Å². The number of carbonyl (C=O) groups excluding carboxylic acids is 1. The predicted molar refractivity (Wildman–Crippen MR) is 122 cm³/mol. The largest absolute Gasteiger partial charge is 0.507 e. The Labute approximate surface area is 199 Å². The maximum atomic E-state index is 12.8. The number of ether oxygens (including phenoxy) is 1. The van der Waals surface area contributed by atoms with Crippen molar-refractivity contribution in [3.05, 3.63) is 45.9 Å². The molecule has 11 heteroatoms. The number of hydrogen-bond acceptors (Lipinski definition) is 6. The van der Waals surface area contributed by atoms with E-state index in [-0.39, 0.29) is 44.5 Å². The number of hydrogen-bond donors (Lipinski definition) is 3. The topological polar surface area (TPSA) is 128 Å². The van der Waals surface area contributed by atoms with Crippen molar-refractivity contribution in [2.75, 3.05) is 31.1 Å². The molecule has 33 heavy (non-hydrogen) atoms. The van der Waals surface area contributed by atoms with Gasteiger partial charge in [-0.1, -0.05) is 23.2 Å². The Morgan fingerprint density at radius 2 is 1.52 bits per heavy atom. The van der Waals surface area contributed by atoms with E-state index in [2.05, 4.69) is 0 Å². The van der Waals surface area contributed by atoms with E-state index in [4.69, 9.17) is 38.2 Å². The van der Waals surface area contributed by atoms with Gasteiger partial charge in [0.05, 0.1) is 15.6 Å². The van der Waals surface area contributed by atoms with Crippen LogP contribution in [-0.4, -0.2) is 64.2 Å². The lowest BCUT2D eigenvalue weighted by Gasteiger charge is -2.27. The van der Waals surface area contributed by atoms with E-state index in [1.165, 1.54) is 30.3 Å². The minimum atomic E-state index is -1.22. The summed E-state index contributed by atoms with van der Waals surface area (Å²) >= 11 is 12.6. The van der Waals surface area contributed by atoms with Crippen LogP contribution in [0.25, 0.3) is 0 Å². The number of halogens is 2. The molecule has 1 fully saturated rings. The number of aromatic hydroxyl groups is 1. The molecule has 176 valence electrons. The Morgan fingerprint density at radius 3 is 2.06 bits per heavy atom. The lowest BCUT2D eigenvalue weighted by Crippen LogP contribution is -2.35. The summed E-state index contributed by atoms with van der Waals surface area (Å²) in [7, 11) is 0. The Bertz CT molecular complexity index is 1030. The number of likely N-dealkylation sites (tertiary alicyclic amines) is 1. The van der Waals surface area contributed by atoms with E-state index in [0.717, 1.165) is 24.2 Å². The van der Waals surface area contributed by atoms with Crippen LogP contribution in [0.4, 0.5) is 5.69 Å². The smallest absolute Gasteiger partial charge is 0.323 e. The average Bonchev–Trinajstić information content (AvgIpc) is 2.76. The Kier molecular flexibility index (Phi) is 7.88. The highest BCUT2D eigenvalue weighted by atomic mass is 35.5. The van der Waals surface area contributed by atoms with Crippen LogP contribution in [0.3, 0.4) is 0 Å². The molecule has 0 bridgehead atoms. The molecule has 1 aliphatic rings. The van der Waals surface area contributed by atoms with Crippen molar-refractivity contribution in [1.29, 1.82) is 0 Å². The van der Waals surface area contributed by atoms with Crippen molar-refractivity contribution < 1.29 is 34.4 Å². The van der Waals surface area contributed by atoms with Crippen molar-refractivity contribution in [2.24, 2.45) is 0 Å². The molecule has 1 aliphatic heterocycles. The molecule has 2 aromatic carbocycles. The number of rotatable bonds is 8. The van der Waals surface area contributed by atoms with Crippen LogP contribution in [0.5, 0.6) is 17.2 Å². The number of amides is 1. The summed E-state index contributed by atoms with van der Waals surface area (Å²) in [6.07, 6.45) is 2.87. The van der Waals surface area contributed by atoms with E-state index < -0.39 is 25.0 Å². The summed E-state index contributed by atoms with van der Waals surface area (Å²) in [4.78, 5) is 37.8. The number of nitrogens with zero attached hydrogens (tertiary/aromatic N) is 2. The van der Waals surface area contributed by atoms with Crippen LogP contribution in [0, 0.1) is 0 Å². The SMILES string of the molecule is O=C(O)CN(CC(=O)O)c1cc(Cl)c(Oc2ccc(O)c(C(=O)N3CCCCC3)c2)c(Cl)c1. The van der Waals surface area contributed by atoms with Crippen LogP contribution in [-0.2, 0) is 9.59 Å². The summed E-state index contributed by atoms with van der Waals surface area (Å²) in [6, 6.07) is 6.87. The zero-order valence-electron chi connectivity index (χ0n) is 17.5. The monoisotopic (exact) mass is 496 g/mol. The third-order valence-corrected chi connectivity index (χ3v) is 5.62. The third-order valence-electron chi connectivity index (χ3n) is 5.06.